The Hall–Kier alpha value is -0.160. The lowest BCUT2D eigenvalue weighted by Gasteiger charge is -2.27. The van der Waals surface area contributed by atoms with Crippen LogP contribution in [0.15, 0.2) is 0 Å². The van der Waals surface area contributed by atoms with Gasteiger partial charge in [-0.3, -0.25) is 0 Å². The summed E-state index contributed by atoms with van der Waals surface area (Å²) in [5, 5.41) is 0. The highest BCUT2D eigenvalue weighted by molar-refractivity contribution is 4.68. The fourth-order valence-electron chi connectivity index (χ4n) is 0.855. The first-order valence-electron chi connectivity index (χ1n) is 3.50. The lowest BCUT2D eigenvalue weighted by atomic mass is 10.3. The van der Waals surface area contributed by atoms with E-state index in [4.69, 9.17) is 20.9 Å². The van der Waals surface area contributed by atoms with Crippen LogP contribution in [0.3, 0.4) is 0 Å². The molecule has 0 radical (unpaired) electrons. The van der Waals surface area contributed by atoms with Gasteiger partial charge in [-0.2, -0.15) is 0 Å². The molecule has 0 aromatic carbocycles. The van der Waals surface area contributed by atoms with Crippen LogP contribution in [0.4, 0.5) is 0 Å². The predicted molar refractivity (Wildman–Crippen MR) is 37.6 cm³/mol. The summed E-state index contributed by atoms with van der Waals surface area (Å²) in [4.78, 5) is 0. The summed E-state index contributed by atoms with van der Waals surface area (Å²) in [6.45, 7) is 2.21. The van der Waals surface area contributed by atoms with Gasteiger partial charge in [-0.15, -0.1) is 0 Å². The molecule has 10 heavy (non-hydrogen) atoms. The molecule has 4 heteroatoms. The molecule has 1 aliphatic rings. The van der Waals surface area contributed by atoms with Crippen molar-refractivity contribution in [1.29, 1.82) is 0 Å². The highest BCUT2D eigenvalue weighted by Gasteiger charge is 2.19. The second-order valence-electron chi connectivity index (χ2n) is 2.38. The summed E-state index contributed by atoms with van der Waals surface area (Å²) in [6.07, 6.45) is 0.144. The Morgan fingerprint density at radius 3 is 1.60 bits per heavy atom. The Balaban J connectivity index is 2.17. The van der Waals surface area contributed by atoms with Crippen LogP contribution in [0, 0.1) is 0 Å². The van der Waals surface area contributed by atoms with E-state index < -0.39 is 0 Å². The first-order valence-corrected chi connectivity index (χ1v) is 3.50. The van der Waals surface area contributed by atoms with Gasteiger partial charge in [0.25, 0.3) is 0 Å². The monoisotopic (exact) mass is 146 g/mol. The van der Waals surface area contributed by atoms with Gasteiger partial charge in [0.1, 0.15) is 0 Å². The molecule has 0 bridgehead atoms. The Bertz CT molecular complexity index is 79.7. The third-order valence-corrected chi connectivity index (χ3v) is 1.56. The van der Waals surface area contributed by atoms with Crippen molar-refractivity contribution < 1.29 is 9.47 Å². The lowest BCUT2D eigenvalue weighted by Crippen LogP contribution is -2.42. The zero-order valence-electron chi connectivity index (χ0n) is 5.95. The third kappa shape index (κ3) is 1.91. The molecule has 4 nitrogen and oxygen atoms in total. The predicted octanol–water partition coefficient (Wildman–Crippen LogP) is -1.31. The first kappa shape index (κ1) is 7.94. The van der Waals surface area contributed by atoms with Crippen molar-refractivity contribution in [2.45, 2.75) is 12.2 Å². The quantitative estimate of drug-likeness (QED) is 0.507. The van der Waals surface area contributed by atoms with Gasteiger partial charge >= 0.3 is 0 Å². The molecule has 0 aromatic rings. The Morgan fingerprint density at radius 1 is 1.00 bits per heavy atom. The van der Waals surface area contributed by atoms with Crippen molar-refractivity contribution in [2.75, 3.05) is 26.3 Å². The highest BCUT2D eigenvalue weighted by atomic mass is 16.6. The maximum atomic E-state index is 5.35. The molecule has 0 aromatic heterocycles. The molecule has 4 N–H and O–H groups in total. The summed E-state index contributed by atoms with van der Waals surface area (Å²) in [5.41, 5.74) is 10.7. The van der Waals surface area contributed by atoms with E-state index in [1.165, 1.54) is 0 Å². The van der Waals surface area contributed by atoms with E-state index in [1.54, 1.807) is 0 Å². The Kier molecular flexibility index (Phi) is 3.08. The minimum absolute atomic E-state index is 0.0720. The normalized spacial score (nSPS) is 34.2. The van der Waals surface area contributed by atoms with Gasteiger partial charge in [0.2, 0.25) is 0 Å². The summed E-state index contributed by atoms with van der Waals surface area (Å²) in [7, 11) is 0. The van der Waals surface area contributed by atoms with E-state index in [0.717, 1.165) is 0 Å². The Labute approximate surface area is 60.5 Å². The Morgan fingerprint density at radius 2 is 1.40 bits per heavy atom. The molecule has 0 spiro atoms. The summed E-state index contributed by atoms with van der Waals surface area (Å²) >= 11 is 0. The minimum atomic E-state index is 0.0720. The molecule has 2 atom stereocenters. The average molecular weight is 146 g/mol. The zero-order valence-corrected chi connectivity index (χ0v) is 5.95. The van der Waals surface area contributed by atoms with E-state index in [0.29, 0.717) is 26.3 Å². The van der Waals surface area contributed by atoms with Crippen LogP contribution in [0.1, 0.15) is 0 Å². The number of nitrogens with two attached hydrogens (primary N) is 2. The van der Waals surface area contributed by atoms with E-state index in [9.17, 15) is 0 Å². The van der Waals surface area contributed by atoms with Crippen LogP contribution in [-0.2, 0) is 9.47 Å². The van der Waals surface area contributed by atoms with Crippen LogP contribution in [0.25, 0.3) is 0 Å². The maximum absolute atomic E-state index is 5.35. The van der Waals surface area contributed by atoms with Gasteiger partial charge in [-0.05, 0) is 0 Å². The molecule has 0 amide bonds. The average Bonchev–Trinajstić information content (AvgIpc) is 2.05. The van der Waals surface area contributed by atoms with E-state index >= 15 is 0 Å². The van der Waals surface area contributed by atoms with Crippen LogP contribution in [0.5, 0.6) is 0 Å². The molecular formula is C6H14N2O2. The number of ether oxygens (including phenoxy) is 2. The SMILES string of the molecule is NC[C@@H]1CO[C@H](CN)CO1. The van der Waals surface area contributed by atoms with E-state index in [1.807, 2.05) is 0 Å². The molecule has 1 heterocycles. The van der Waals surface area contributed by atoms with Crippen molar-refractivity contribution in [1.82, 2.24) is 0 Å². The molecule has 1 aliphatic heterocycles. The van der Waals surface area contributed by atoms with Gasteiger partial charge in [0.05, 0.1) is 25.4 Å². The molecule has 1 rings (SSSR count). The highest BCUT2D eigenvalue weighted by Crippen LogP contribution is 2.04. The summed E-state index contributed by atoms with van der Waals surface area (Å²) in [6, 6.07) is 0. The first-order chi connectivity index (χ1) is 4.86. The van der Waals surface area contributed by atoms with Crippen molar-refractivity contribution in [2.24, 2.45) is 11.5 Å². The topological polar surface area (TPSA) is 70.5 Å². The smallest absolute Gasteiger partial charge is 0.0931 e. The number of rotatable bonds is 2. The molecule has 1 fully saturated rings. The second-order valence-corrected chi connectivity index (χ2v) is 2.38. The van der Waals surface area contributed by atoms with Gasteiger partial charge in [-0.1, -0.05) is 0 Å². The van der Waals surface area contributed by atoms with Crippen molar-refractivity contribution in [3.05, 3.63) is 0 Å². The fraction of sp³-hybridized carbons (Fsp3) is 1.00. The van der Waals surface area contributed by atoms with Gasteiger partial charge < -0.3 is 20.9 Å². The van der Waals surface area contributed by atoms with E-state index in [-0.39, 0.29) is 12.2 Å². The van der Waals surface area contributed by atoms with Crippen LogP contribution < -0.4 is 11.5 Å². The zero-order chi connectivity index (χ0) is 7.40. The van der Waals surface area contributed by atoms with Gasteiger partial charge in [-0.25, -0.2) is 0 Å². The van der Waals surface area contributed by atoms with E-state index in [2.05, 4.69) is 0 Å². The van der Waals surface area contributed by atoms with Crippen molar-refractivity contribution in [3.63, 3.8) is 0 Å². The molecule has 0 aliphatic carbocycles. The van der Waals surface area contributed by atoms with Gasteiger partial charge in [0, 0.05) is 13.1 Å². The van der Waals surface area contributed by atoms with Crippen LogP contribution >= 0.6 is 0 Å². The molecule has 0 unspecified atom stereocenters. The maximum Gasteiger partial charge on any atom is 0.0931 e. The largest absolute Gasteiger partial charge is 0.372 e. The third-order valence-electron chi connectivity index (χ3n) is 1.56. The fourth-order valence-corrected chi connectivity index (χ4v) is 0.855. The lowest BCUT2D eigenvalue weighted by molar-refractivity contribution is -0.125. The molecule has 60 valence electrons. The molecule has 1 saturated heterocycles. The summed E-state index contributed by atoms with van der Waals surface area (Å²) in [5.74, 6) is 0. The number of hydrogen-bond donors (Lipinski definition) is 2. The molecular weight excluding hydrogens is 132 g/mol. The molecule has 0 saturated carbocycles. The van der Waals surface area contributed by atoms with Crippen molar-refractivity contribution >= 4 is 0 Å². The number of hydrogen-bond acceptors (Lipinski definition) is 4. The van der Waals surface area contributed by atoms with Gasteiger partial charge in [0.15, 0.2) is 0 Å². The van der Waals surface area contributed by atoms with Crippen LogP contribution in [-0.4, -0.2) is 38.5 Å². The standard InChI is InChI=1S/C6H14N2O2/c7-1-5-3-10-6(2-8)4-9-5/h5-6H,1-4,7-8H2/t5-,6-/m1/s1. The van der Waals surface area contributed by atoms with Crippen molar-refractivity contribution in [3.8, 4) is 0 Å². The second kappa shape index (κ2) is 3.88. The van der Waals surface area contributed by atoms with Crippen LogP contribution in [0.2, 0.25) is 0 Å². The summed E-state index contributed by atoms with van der Waals surface area (Å²) < 4.78 is 10.6. The minimum Gasteiger partial charge on any atom is -0.372 e.